The summed E-state index contributed by atoms with van der Waals surface area (Å²) in [5.41, 5.74) is 7.98. The van der Waals surface area contributed by atoms with E-state index < -0.39 is 12.0 Å². The third-order valence-corrected chi connectivity index (χ3v) is 4.25. The normalized spacial score (nSPS) is 16.3. The van der Waals surface area contributed by atoms with Crippen LogP contribution in [-0.4, -0.2) is 50.8 Å². The Bertz CT molecular complexity index is 893. The Hall–Kier alpha value is -3.56. The van der Waals surface area contributed by atoms with Crippen molar-refractivity contribution in [1.29, 1.82) is 0 Å². The highest BCUT2D eigenvalue weighted by molar-refractivity contribution is 5.95. The lowest BCUT2D eigenvalue weighted by molar-refractivity contribution is -0.141. The van der Waals surface area contributed by atoms with Crippen LogP contribution in [0.2, 0.25) is 0 Å². The summed E-state index contributed by atoms with van der Waals surface area (Å²) >= 11 is 0. The van der Waals surface area contributed by atoms with Crippen LogP contribution in [0.4, 0.5) is 11.6 Å². The van der Waals surface area contributed by atoms with E-state index >= 15 is 0 Å². The number of anilines is 2. The summed E-state index contributed by atoms with van der Waals surface area (Å²) in [5.74, 6) is -1.38. The third-order valence-electron chi connectivity index (χ3n) is 4.25. The van der Waals surface area contributed by atoms with Gasteiger partial charge in [0.25, 0.3) is 5.91 Å². The second-order valence-corrected chi connectivity index (χ2v) is 6.34. The largest absolute Gasteiger partial charge is 0.481 e. The van der Waals surface area contributed by atoms with Gasteiger partial charge in [0, 0.05) is 24.8 Å². The van der Waals surface area contributed by atoms with E-state index in [9.17, 15) is 14.4 Å². The molecule has 0 radical (unpaired) electrons. The maximum absolute atomic E-state index is 12.4. The second-order valence-electron chi connectivity index (χ2n) is 6.34. The maximum atomic E-state index is 12.4. The summed E-state index contributed by atoms with van der Waals surface area (Å²) < 4.78 is 0. The number of carboxylic acids is 1. The molecule has 0 fully saturated rings. The van der Waals surface area contributed by atoms with Crippen LogP contribution in [0.5, 0.6) is 0 Å². The smallest absolute Gasteiger partial charge is 0.305 e. The molecule has 1 aromatic carbocycles. The highest BCUT2D eigenvalue weighted by Crippen LogP contribution is 2.24. The van der Waals surface area contributed by atoms with Crippen LogP contribution in [0.3, 0.4) is 0 Å². The number of rotatable bonds is 5. The quantitative estimate of drug-likeness (QED) is 0.500. The SMILES string of the molecule is CN1Cc2cc(C(=O)NCc3cnc(N)[nH]3)ccc2N[C@H](CC(=O)O)C1=O. The van der Waals surface area contributed by atoms with E-state index in [0.29, 0.717) is 16.9 Å². The fraction of sp³-hybridized carbons (Fsp3) is 0.294. The molecule has 2 amide bonds. The molecule has 27 heavy (non-hydrogen) atoms. The summed E-state index contributed by atoms with van der Waals surface area (Å²) in [6, 6.07) is 4.14. The number of nitrogens with one attached hydrogen (secondary N) is 3. The first-order valence-corrected chi connectivity index (χ1v) is 8.27. The molecule has 1 aliphatic rings. The van der Waals surface area contributed by atoms with Gasteiger partial charge in [0.1, 0.15) is 6.04 Å². The molecular weight excluding hydrogens is 352 g/mol. The Labute approximate surface area is 154 Å². The van der Waals surface area contributed by atoms with Gasteiger partial charge in [-0.05, 0) is 23.8 Å². The monoisotopic (exact) mass is 372 g/mol. The molecule has 0 saturated carbocycles. The van der Waals surface area contributed by atoms with E-state index in [2.05, 4.69) is 20.6 Å². The highest BCUT2D eigenvalue weighted by atomic mass is 16.4. The number of H-pyrrole nitrogens is 1. The van der Waals surface area contributed by atoms with Gasteiger partial charge < -0.3 is 31.4 Å². The number of aromatic nitrogens is 2. The number of carboxylic acid groups (broad SMARTS) is 1. The molecule has 2 heterocycles. The van der Waals surface area contributed by atoms with Crippen LogP contribution in [0.25, 0.3) is 0 Å². The van der Waals surface area contributed by atoms with Crippen molar-refractivity contribution < 1.29 is 19.5 Å². The van der Waals surface area contributed by atoms with Crippen molar-refractivity contribution in [1.82, 2.24) is 20.2 Å². The molecule has 1 atom stereocenters. The standard InChI is InChI=1S/C17H20N6O4/c1-23-8-10-4-9(15(26)19-6-11-7-20-17(18)21-11)2-3-12(10)22-13(16(23)27)5-14(24)25/h2-4,7,13,22H,5-6,8H2,1H3,(H,19,26)(H,24,25)(H3,18,20,21)/t13-/m1/s1. The molecule has 3 rings (SSSR count). The number of benzene rings is 1. The van der Waals surface area contributed by atoms with E-state index in [4.69, 9.17) is 10.8 Å². The minimum Gasteiger partial charge on any atom is -0.481 e. The van der Waals surface area contributed by atoms with Crippen molar-refractivity contribution in [2.24, 2.45) is 0 Å². The average Bonchev–Trinajstić information content (AvgIpc) is 2.99. The first-order valence-electron chi connectivity index (χ1n) is 8.27. The first-order chi connectivity index (χ1) is 12.8. The molecule has 0 aliphatic carbocycles. The lowest BCUT2D eigenvalue weighted by atomic mass is 10.1. The Morgan fingerprint density at radius 1 is 1.44 bits per heavy atom. The summed E-state index contributed by atoms with van der Waals surface area (Å²) in [6.45, 7) is 0.521. The summed E-state index contributed by atoms with van der Waals surface area (Å²) in [4.78, 5) is 43.9. The predicted octanol–water partition coefficient (Wildman–Crippen LogP) is 0.149. The molecule has 6 N–H and O–H groups in total. The van der Waals surface area contributed by atoms with Crippen molar-refractivity contribution >= 4 is 29.4 Å². The van der Waals surface area contributed by atoms with Gasteiger partial charge in [-0.15, -0.1) is 0 Å². The Kier molecular flexibility index (Phi) is 4.97. The Balaban J connectivity index is 1.75. The van der Waals surface area contributed by atoms with Crippen LogP contribution in [0, 0.1) is 0 Å². The van der Waals surface area contributed by atoms with Crippen LogP contribution in [-0.2, 0) is 22.7 Å². The number of likely N-dealkylation sites (N-methyl/N-ethyl adjacent to an activating group) is 1. The van der Waals surface area contributed by atoms with Gasteiger partial charge in [-0.1, -0.05) is 0 Å². The molecule has 1 aromatic heterocycles. The van der Waals surface area contributed by atoms with Gasteiger partial charge in [0.05, 0.1) is 24.9 Å². The molecular formula is C17H20N6O4. The minimum absolute atomic E-state index is 0.247. The van der Waals surface area contributed by atoms with Gasteiger partial charge >= 0.3 is 5.97 Å². The van der Waals surface area contributed by atoms with E-state index in [-0.39, 0.29) is 37.3 Å². The molecule has 0 spiro atoms. The number of imidazole rings is 1. The zero-order valence-electron chi connectivity index (χ0n) is 14.7. The maximum Gasteiger partial charge on any atom is 0.305 e. The highest BCUT2D eigenvalue weighted by Gasteiger charge is 2.29. The number of hydrogen-bond donors (Lipinski definition) is 5. The molecule has 0 unspecified atom stereocenters. The minimum atomic E-state index is -1.06. The van der Waals surface area contributed by atoms with Gasteiger partial charge in [-0.3, -0.25) is 14.4 Å². The molecule has 10 heteroatoms. The number of nitrogen functional groups attached to an aromatic ring is 1. The lowest BCUT2D eigenvalue weighted by Crippen LogP contribution is -2.39. The molecule has 0 bridgehead atoms. The van der Waals surface area contributed by atoms with E-state index in [1.807, 2.05) is 0 Å². The average molecular weight is 372 g/mol. The van der Waals surface area contributed by atoms with Crippen LogP contribution in [0.15, 0.2) is 24.4 Å². The molecule has 142 valence electrons. The van der Waals surface area contributed by atoms with Crippen LogP contribution >= 0.6 is 0 Å². The van der Waals surface area contributed by atoms with Crippen molar-refractivity contribution in [2.75, 3.05) is 18.1 Å². The predicted molar refractivity (Wildman–Crippen MR) is 96.7 cm³/mol. The van der Waals surface area contributed by atoms with Gasteiger partial charge in [0.2, 0.25) is 5.91 Å². The summed E-state index contributed by atoms with van der Waals surface area (Å²) in [5, 5.41) is 14.7. The van der Waals surface area contributed by atoms with E-state index in [1.165, 1.54) is 4.90 Å². The number of nitrogens with two attached hydrogens (primary N) is 1. The lowest BCUT2D eigenvalue weighted by Gasteiger charge is -2.19. The fourth-order valence-electron chi connectivity index (χ4n) is 2.91. The molecule has 0 saturated heterocycles. The zero-order chi connectivity index (χ0) is 19.6. The zero-order valence-corrected chi connectivity index (χ0v) is 14.7. The Morgan fingerprint density at radius 2 is 2.22 bits per heavy atom. The van der Waals surface area contributed by atoms with Crippen molar-refractivity contribution in [3.63, 3.8) is 0 Å². The fourth-order valence-corrected chi connectivity index (χ4v) is 2.91. The number of amides is 2. The van der Waals surface area contributed by atoms with Crippen LogP contribution in [0.1, 0.15) is 28.0 Å². The Morgan fingerprint density at radius 3 is 2.89 bits per heavy atom. The summed E-state index contributed by atoms with van der Waals surface area (Å²) in [7, 11) is 1.60. The molecule has 1 aliphatic heterocycles. The van der Waals surface area contributed by atoms with Gasteiger partial charge in [-0.25, -0.2) is 4.98 Å². The van der Waals surface area contributed by atoms with Crippen molar-refractivity contribution in [3.05, 3.63) is 41.2 Å². The van der Waals surface area contributed by atoms with Gasteiger partial charge in [0.15, 0.2) is 5.95 Å². The molecule has 2 aromatic rings. The number of fused-ring (bicyclic) bond motifs is 1. The number of carbonyl (C=O) groups is 3. The molecule has 10 nitrogen and oxygen atoms in total. The van der Waals surface area contributed by atoms with Crippen molar-refractivity contribution in [2.45, 2.75) is 25.6 Å². The number of nitrogens with zero attached hydrogens (tertiary/aromatic N) is 2. The summed E-state index contributed by atoms with van der Waals surface area (Å²) in [6.07, 6.45) is 1.22. The van der Waals surface area contributed by atoms with Gasteiger partial charge in [-0.2, -0.15) is 0 Å². The first kappa shape index (κ1) is 18.2. The van der Waals surface area contributed by atoms with Crippen LogP contribution < -0.4 is 16.4 Å². The topological polar surface area (TPSA) is 153 Å². The second kappa shape index (κ2) is 7.36. The number of aromatic amines is 1. The third kappa shape index (κ3) is 4.17. The number of carbonyl (C=O) groups excluding carboxylic acids is 2. The van der Waals surface area contributed by atoms with Crippen molar-refractivity contribution in [3.8, 4) is 0 Å². The van der Waals surface area contributed by atoms with E-state index in [1.54, 1.807) is 31.4 Å². The number of hydrogen-bond acceptors (Lipinski definition) is 6. The number of aliphatic carboxylic acids is 1. The van der Waals surface area contributed by atoms with E-state index in [0.717, 1.165) is 5.56 Å².